The van der Waals surface area contributed by atoms with Crippen LogP contribution in [0, 0.1) is 6.92 Å². The molecule has 0 spiro atoms. The van der Waals surface area contributed by atoms with E-state index in [1.807, 2.05) is 18.2 Å². The summed E-state index contributed by atoms with van der Waals surface area (Å²) in [6.07, 6.45) is 2.34. The van der Waals surface area contributed by atoms with Crippen molar-refractivity contribution in [3.8, 4) is 0 Å². The summed E-state index contributed by atoms with van der Waals surface area (Å²) in [6, 6.07) is 8.38. The van der Waals surface area contributed by atoms with Gasteiger partial charge >= 0.3 is 0 Å². The number of aliphatic imine (C=N–C) groups is 1. The van der Waals surface area contributed by atoms with Crippen LogP contribution in [0.4, 0.5) is 0 Å². The molecule has 1 aliphatic heterocycles. The lowest BCUT2D eigenvalue weighted by molar-refractivity contribution is 0.0507. The van der Waals surface area contributed by atoms with E-state index >= 15 is 0 Å². The Balaban J connectivity index is 1.85. The number of aryl methyl sites for hydroxylation is 1. The van der Waals surface area contributed by atoms with Gasteiger partial charge < -0.3 is 9.84 Å². The van der Waals surface area contributed by atoms with E-state index in [0.717, 1.165) is 24.3 Å². The van der Waals surface area contributed by atoms with Crippen molar-refractivity contribution in [2.75, 3.05) is 0 Å². The van der Waals surface area contributed by atoms with Crippen molar-refractivity contribution in [3.05, 3.63) is 35.4 Å². The molecule has 0 radical (unpaired) electrons. The van der Waals surface area contributed by atoms with Crippen molar-refractivity contribution in [2.45, 2.75) is 44.4 Å². The monoisotopic (exact) mass is 231 g/mol. The fourth-order valence-corrected chi connectivity index (χ4v) is 2.64. The summed E-state index contributed by atoms with van der Waals surface area (Å²) in [7, 11) is 0. The molecular formula is C14H17NO2. The molecule has 1 aliphatic carbocycles. The van der Waals surface area contributed by atoms with Crippen molar-refractivity contribution in [1.82, 2.24) is 0 Å². The Labute approximate surface area is 101 Å². The topological polar surface area (TPSA) is 41.8 Å². The van der Waals surface area contributed by atoms with Gasteiger partial charge in [-0.25, -0.2) is 4.99 Å². The van der Waals surface area contributed by atoms with Gasteiger partial charge in [-0.05, 0) is 31.4 Å². The Morgan fingerprint density at radius 1 is 1.29 bits per heavy atom. The summed E-state index contributed by atoms with van der Waals surface area (Å²) in [5, 5.41) is 9.64. The Kier molecular flexibility index (Phi) is 2.63. The van der Waals surface area contributed by atoms with Crippen LogP contribution >= 0.6 is 0 Å². The third-order valence-electron chi connectivity index (χ3n) is 3.65. The fourth-order valence-electron chi connectivity index (χ4n) is 2.64. The predicted molar refractivity (Wildman–Crippen MR) is 66.2 cm³/mol. The number of ether oxygens (including phenoxy) is 1. The standard InChI is InChI=1S/C14H17NO2/c1-9-4-2-3-5-11(9)14-15-12-7-6-10(16)8-13(12)17-14/h2-5,10,12-13,16H,6-8H2,1H3. The van der Waals surface area contributed by atoms with Gasteiger partial charge in [0, 0.05) is 12.0 Å². The third kappa shape index (κ3) is 1.95. The molecule has 0 bridgehead atoms. The minimum Gasteiger partial charge on any atom is -0.472 e. The molecule has 3 atom stereocenters. The minimum absolute atomic E-state index is 0.0772. The summed E-state index contributed by atoms with van der Waals surface area (Å²) in [5.41, 5.74) is 2.27. The number of hydrogen-bond donors (Lipinski definition) is 1. The number of aliphatic hydroxyl groups excluding tert-OH is 1. The summed E-state index contributed by atoms with van der Waals surface area (Å²) >= 11 is 0. The molecule has 1 fully saturated rings. The number of nitrogens with zero attached hydrogens (tertiary/aromatic N) is 1. The van der Waals surface area contributed by atoms with Gasteiger partial charge in [0.25, 0.3) is 0 Å². The largest absolute Gasteiger partial charge is 0.472 e. The van der Waals surface area contributed by atoms with Gasteiger partial charge in [0.15, 0.2) is 0 Å². The lowest BCUT2D eigenvalue weighted by atomic mass is 9.91. The lowest BCUT2D eigenvalue weighted by Gasteiger charge is -2.26. The quantitative estimate of drug-likeness (QED) is 0.803. The van der Waals surface area contributed by atoms with Crippen LogP contribution in [0.25, 0.3) is 0 Å². The fraction of sp³-hybridized carbons (Fsp3) is 0.500. The minimum atomic E-state index is -0.220. The van der Waals surface area contributed by atoms with Gasteiger partial charge in [-0.2, -0.15) is 0 Å². The van der Waals surface area contributed by atoms with E-state index < -0.39 is 0 Å². The van der Waals surface area contributed by atoms with E-state index in [1.54, 1.807) is 0 Å². The number of fused-ring (bicyclic) bond motifs is 1. The van der Waals surface area contributed by atoms with Gasteiger partial charge in [-0.15, -0.1) is 0 Å². The molecule has 3 unspecified atom stereocenters. The average Bonchev–Trinajstić information content (AvgIpc) is 2.72. The van der Waals surface area contributed by atoms with E-state index in [1.165, 1.54) is 5.56 Å². The maximum Gasteiger partial charge on any atom is 0.217 e. The molecule has 1 aromatic carbocycles. The second kappa shape index (κ2) is 4.15. The molecular weight excluding hydrogens is 214 g/mol. The number of aliphatic hydroxyl groups is 1. The number of rotatable bonds is 1. The van der Waals surface area contributed by atoms with E-state index in [0.29, 0.717) is 6.42 Å². The molecule has 3 heteroatoms. The van der Waals surface area contributed by atoms with Crippen LogP contribution < -0.4 is 0 Å². The molecule has 0 amide bonds. The molecule has 1 saturated carbocycles. The van der Waals surface area contributed by atoms with Crippen molar-refractivity contribution < 1.29 is 9.84 Å². The third-order valence-corrected chi connectivity index (χ3v) is 3.65. The summed E-state index contributed by atoms with van der Waals surface area (Å²) < 4.78 is 5.89. The highest BCUT2D eigenvalue weighted by molar-refractivity contribution is 5.96. The average molecular weight is 231 g/mol. The van der Waals surface area contributed by atoms with Crippen molar-refractivity contribution in [1.29, 1.82) is 0 Å². The highest BCUT2D eigenvalue weighted by atomic mass is 16.5. The molecule has 0 aromatic heterocycles. The first-order valence-corrected chi connectivity index (χ1v) is 6.22. The molecule has 2 aliphatic rings. The van der Waals surface area contributed by atoms with E-state index in [-0.39, 0.29) is 18.2 Å². The van der Waals surface area contributed by atoms with Crippen LogP contribution in [0.3, 0.4) is 0 Å². The highest BCUT2D eigenvalue weighted by Gasteiger charge is 2.36. The molecule has 90 valence electrons. The second-order valence-corrected chi connectivity index (χ2v) is 4.94. The molecule has 1 N–H and O–H groups in total. The number of benzene rings is 1. The zero-order valence-corrected chi connectivity index (χ0v) is 9.97. The van der Waals surface area contributed by atoms with Crippen molar-refractivity contribution >= 4 is 5.90 Å². The van der Waals surface area contributed by atoms with Crippen LogP contribution in [-0.4, -0.2) is 29.3 Å². The Morgan fingerprint density at radius 2 is 2.12 bits per heavy atom. The summed E-state index contributed by atoms with van der Waals surface area (Å²) in [5.74, 6) is 0.757. The van der Waals surface area contributed by atoms with Crippen LogP contribution in [0.5, 0.6) is 0 Å². The van der Waals surface area contributed by atoms with Crippen molar-refractivity contribution in [3.63, 3.8) is 0 Å². The first kappa shape index (κ1) is 10.8. The Morgan fingerprint density at radius 3 is 2.94 bits per heavy atom. The highest BCUT2D eigenvalue weighted by Crippen LogP contribution is 2.30. The SMILES string of the molecule is Cc1ccccc1C1=NC2CCC(O)CC2O1. The lowest BCUT2D eigenvalue weighted by Crippen LogP contribution is -2.33. The van der Waals surface area contributed by atoms with Crippen LogP contribution in [0.15, 0.2) is 29.3 Å². The molecule has 1 heterocycles. The molecule has 1 aromatic rings. The molecule has 3 nitrogen and oxygen atoms in total. The Hall–Kier alpha value is -1.35. The smallest absolute Gasteiger partial charge is 0.217 e. The molecule has 0 saturated heterocycles. The van der Waals surface area contributed by atoms with Crippen LogP contribution in [0.1, 0.15) is 30.4 Å². The first-order valence-electron chi connectivity index (χ1n) is 6.22. The zero-order valence-electron chi connectivity index (χ0n) is 9.97. The molecule has 17 heavy (non-hydrogen) atoms. The number of hydrogen-bond acceptors (Lipinski definition) is 3. The first-order chi connectivity index (χ1) is 8.24. The predicted octanol–water partition coefficient (Wildman–Crippen LogP) is 2.05. The van der Waals surface area contributed by atoms with E-state index in [4.69, 9.17) is 4.74 Å². The van der Waals surface area contributed by atoms with Gasteiger partial charge in [-0.3, -0.25) is 0 Å². The second-order valence-electron chi connectivity index (χ2n) is 4.94. The zero-order chi connectivity index (χ0) is 11.8. The van der Waals surface area contributed by atoms with Gasteiger partial charge in [0.1, 0.15) is 6.10 Å². The Bertz CT molecular complexity index is 455. The van der Waals surface area contributed by atoms with E-state index in [9.17, 15) is 5.11 Å². The van der Waals surface area contributed by atoms with Crippen LogP contribution in [0.2, 0.25) is 0 Å². The maximum absolute atomic E-state index is 9.64. The van der Waals surface area contributed by atoms with Gasteiger partial charge in [0.05, 0.1) is 12.1 Å². The van der Waals surface area contributed by atoms with E-state index in [2.05, 4.69) is 18.0 Å². The normalized spacial score (nSPS) is 31.6. The summed E-state index contributed by atoms with van der Waals surface area (Å²) in [6.45, 7) is 2.07. The van der Waals surface area contributed by atoms with Gasteiger partial charge in [-0.1, -0.05) is 18.2 Å². The van der Waals surface area contributed by atoms with Gasteiger partial charge in [0.2, 0.25) is 5.90 Å². The molecule has 3 rings (SSSR count). The van der Waals surface area contributed by atoms with Crippen molar-refractivity contribution in [2.24, 2.45) is 4.99 Å². The van der Waals surface area contributed by atoms with Crippen LogP contribution in [-0.2, 0) is 4.74 Å². The summed E-state index contributed by atoms with van der Waals surface area (Å²) in [4.78, 5) is 4.66. The maximum atomic E-state index is 9.64.